The van der Waals surface area contributed by atoms with Crippen LogP contribution in [0.1, 0.15) is 29.4 Å². The average molecular weight is 506 g/mol. The second-order valence-corrected chi connectivity index (χ2v) is 13.2. The van der Waals surface area contributed by atoms with Crippen LogP contribution >= 0.6 is 15.2 Å². The Morgan fingerprint density at radius 1 is 1.06 bits per heavy atom. The molecule has 5 unspecified atom stereocenters. The van der Waals surface area contributed by atoms with E-state index in [0.717, 1.165) is 11.1 Å². The topological polar surface area (TPSA) is 131 Å². The Bertz CT molecular complexity index is 1350. The van der Waals surface area contributed by atoms with E-state index < -0.39 is 32.4 Å². The molecule has 0 spiro atoms. The molecule has 1 aliphatic heterocycles. The summed E-state index contributed by atoms with van der Waals surface area (Å²) in [6.07, 6.45) is 13.4. The first-order chi connectivity index (χ1) is 16.8. The van der Waals surface area contributed by atoms with Gasteiger partial charge in [-0.3, -0.25) is 21.4 Å². The van der Waals surface area contributed by atoms with Crippen molar-refractivity contribution in [2.75, 3.05) is 0 Å². The maximum atomic E-state index is 14.2. The first-order valence-corrected chi connectivity index (χ1v) is 14.5. The van der Waals surface area contributed by atoms with Crippen molar-refractivity contribution in [3.63, 3.8) is 0 Å². The van der Waals surface area contributed by atoms with E-state index in [1.54, 1.807) is 18.2 Å². The maximum absolute atomic E-state index is 14.2. The van der Waals surface area contributed by atoms with E-state index in [1.807, 2.05) is 78.9 Å². The molecule has 5 rings (SSSR count). The zero-order valence-corrected chi connectivity index (χ0v) is 20.9. The van der Waals surface area contributed by atoms with Gasteiger partial charge in [0.2, 0.25) is 0 Å². The third kappa shape index (κ3) is 4.35. The zero-order chi connectivity index (χ0) is 24.6. The molecule has 0 saturated carbocycles. The van der Waals surface area contributed by atoms with Crippen LogP contribution in [0.25, 0.3) is 0 Å². The number of allylic oxidation sites excluding steroid dienone is 6. The fourth-order valence-corrected chi connectivity index (χ4v) is 8.69. The molecule has 2 aromatic rings. The largest absolute Gasteiger partial charge is 0.329 e. The van der Waals surface area contributed by atoms with E-state index in [0.29, 0.717) is 17.0 Å². The smallest absolute Gasteiger partial charge is 0.295 e. The Hall–Kier alpha value is -2.79. The molecule has 0 saturated heterocycles. The lowest BCUT2D eigenvalue weighted by Gasteiger charge is -2.38. The van der Waals surface area contributed by atoms with E-state index in [2.05, 4.69) is 5.32 Å². The van der Waals surface area contributed by atoms with Crippen LogP contribution in [0, 0.1) is 5.41 Å². The summed E-state index contributed by atoms with van der Waals surface area (Å²) in [5.74, 6) is -0.242. The number of amidine groups is 1. The SMILES string of the molecule is N=C(NC(N)(N)[PH](=O)C1=CC=CCC1c1ccccc1)P1(=O)OC2C=CC=CC2c2ccccc21. The van der Waals surface area contributed by atoms with Crippen molar-refractivity contribution in [3.05, 3.63) is 114 Å². The summed E-state index contributed by atoms with van der Waals surface area (Å²) in [6.45, 7) is 0. The predicted molar refractivity (Wildman–Crippen MR) is 142 cm³/mol. The Balaban J connectivity index is 1.44. The van der Waals surface area contributed by atoms with Gasteiger partial charge in [0.1, 0.15) is 0 Å². The van der Waals surface area contributed by atoms with E-state index >= 15 is 0 Å². The van der Waals surface area contributed by atoms with Gasteiger partial charge in [0.05, 0.1) is 6.10 Å². The second kappa shape index (κ2) is 9.34. The molecule has 6 N–H and O–H groups in total. The van der Waals surface area contributed by atoms with Gasteiger partial charge in [-0.05, 0) is 28.9 Å². The van der Waals surface area contributed by atoms with E-state index in [-0.39, 0.29) is 11.8 Å². The highest BCUT2D eigenvalue weighted by atomic mass is 31.2. The Labute approximate surface area is 205 Å². The highest BCUT2D eigenvalue weighted by molar-refractivity contribution is 7.83. The summed E-state index contributed by atoms with van der Waals surface area (Å²) >= 11 is 0. The van der Waals surface area contributed by atoms with Gasteiger partial charge in [0.25, 0.3) is 7.37 Å². The van der Waals surface area contributed by atoms with Gasteiger partial charge in [-0.25, -0.2) is 0 Å². The van der Waals surface area contributed by atoms with Gasteiger partial charge in [0, 0.05) is 17.1 Å². The third-order valence-electron chi connectivity index (χ3n) is 6.59. The molecule has 35 heavy (non-hydrogen) atoms. The minimum absolute atomic E-state index is 0.100. The summed E-state index contributed by atoms with van der Waals surface area (Å²) in [5.41, 5.74) is 12.1. The normalized spacial score (nSPS) is 27.9. The molecule has 2 aliphatic carbocycles. The minimum Gasteiger partial charge on any atom is -0.329 e. The highest BCUT2D eigenvalue weighted by Crippen LogP contribution is 2.56. The van der Waals surface area contributed by atoms with Crippen molar-refractivity contribution in [1.82, 2.24) is 5.32 Å². The standard InChI is InChI=1S/C26H28N4O3P2/c27-25(35(32)24-17-9-6-14-21(24)20-13-4-7-15-22(20)33-35)30-26(28,29)34(31)23-16-8-5-12-19(23)18-10-2-1-3-11-18/h1-11,13-17,19-20,22,34H,12,28-29H2,(H2,27,30). The zero-order valence-electron chi connectivity index (χ0n) is 19.0. The molecule has 1 heterocycles. The van der Waals surface area contributed by atoms with Crippen LogP contribution in [-0.4, -0.2) is 17.2 Å². The van der Waals surface area contributed by atoms with Gasteiger partial charge in [-0.2, -0.15) is 0 Å². The molecule has 9 heteroatoms. The van der Waals surface area contributed by atoms with Crippen LogP contribution in [0.15, 0.2) is 102 Å². The molecule has 5 atom stereocenters. The van der Waals surface area contributed by atoms with Crippen LogP contribution in [0.2, 0.25) is 0 Å². The summed E-state index contributed by atoms with van der Waals surface area (Å²) in [7, 11) is -6.72. The summed E-state index contributed by atoms with van der Waals surface area (Å²) < 4.78 is 33.9. The molecule has 7 nitrogen and oxygen atoms in total. The Morgan fingerprint density at radius 2 is 1.77 bits per heavy atom. The van der Waals surface area contributed by atoms with Crippen LogP contribution < -0.4 is 22.1 Å². The maximum Gasteiger partial charge on any atom is 0.295 e. The van der Waals surface area contributed by atoms with Gasteiger partial charge in [-0.1, -0.05) is 91.1 Å². The van der Waals surface area contributed by atoms with Crippen molar-refractivity contribution in [2.45, 2.75) is 29.9 Å². The van der Waals surface area contributed by atoms with Gasteiger partial charge >= 0.3 is 0 Å². The lowest BCUT2D eigenvalue weighted by Crippen LogP contribution is -2.61. The number of benzene rings is 2. The predicted octanol–water partition coefficient (Wildman–Crippen LogP) is 4.44. The molecule has 180 valence electrons. The molecule has 0 amide bonds. The molecule has 0 radical (unpaired) electrons. The van der Waals surface area contributed by atoms with Crippen molar-refractivity contribution < 1.29 is 13.7 Å². The first-order valence-electron chi connectivity index (χ1n) is 11.5. The summed E-state index contributed by atoms with van der Waals surface area (Å²) in [5, 5.41) is 12.4. The number of hydrogen-bond donors (Lipinski definition) is 4. The lowest BCUT2D eigenvalue weighted by molar-refractivity contribution is 0.236. The highest BCUT2D eigenvalue weighted by Gasteiger charge is 2.47. The Kier molecular flexibility index (Phi) is 6.39. The van der Waals surface area contributed by atoms with Crippen molar-refractivity contribution in [1.29, 1.82) is 5.41 Å². The number of nitrogens with one attached hydrogen (secondary N) is 2. The van der Waals surface area contributed by atoms with Crippen molar-refractivity contribution in [2.24, 2.45) is 11.5 Å². The quantitative estimate of drug-likeness (QED) is 0.205. The minimum atomic E-state index is -3.86. The Morgan fingerprint density at radius 3 is 2.57 bits per heavy atom. The molecule has 0 bridgehead atoms. The van der Waals surface area contributed by atoms with Crippen LogP contribution in [0.3, 0.4) is 0 Å². The molecule has 0 fully saturated rings. The fraction of sp³-hybridized carbons (Fsp3) is 0.192. The molecule has 2 aromatic carbocycles. The lowest BCUT2D eigenvalue weighted by atomic mass is 9.90. The molecular formula is C26H28N4O3P2. The second-order valence-electron chi connectivity index (χ2n) is 8.90. The molecular weight excluding hydrogens is 478 g/mol. The van der Waals surface area contributed by atoms with Crippen molar-refractivity contribution in [3.8, 4) is 0 Å². The van der Waals surface area contributed by atoms with E-state index in [1.165, 1.54) is 0 Å². The van der Waals surface area contributed by atoms with E-state index in [9.17, 15) is 9.13 Å². The first kappa shape index (κ1) is 23.9. The van der Waals surface area contributed by atoms with Crippen LogP contribution in [0.4, 0.5) is 0 Å². The van der Waals surface area contributed by atoms with Crippen LogP contribution in [0.5, 0.6) is 0 Å². The fourth-order valence-electron chi connectivity index (χ4n) is 4.84. The van der Waals surface area contributed by atoms with Crippen molar-refractivity contribution >= 4 is 26.1 Å². The van der Waals surface area contributed by atoms with Gasteiger partial charge < -0.3 is 14.4 Å². The number of rotatable bonds is 5. The molecule has 0 aromatic heterocycles. The molecule has 3 aliphatic rings. The van der Waals surface area contributed by atoms with Crippen LogP contribution in [-0.2, 0) is 13.7 Å². The average Bonchev–Trinajstić information content (AvgIpc) is 2.88. The van der Waals surface area contributed by atoms with Gasteiger partial charge in [-0.15, -0.1) is 0 Å². The number of hydrogen-bond acceptors (Lipinski definition) is 6. The number of fused-ring (bicyclic) bond motifs is 3. The summed E-state index contributed by atoms with van der Waals surface area (Å²) in [6, 6.07) is 17.0. The monoisotopic (exact) mass is 506 g/mol. The number of nitrogens with two attached hydrogens (primary N) is 2. The van der Waals surface area contributed by atoms with E-state index in [4.69, 9.17) is 21.4 Å². The summed E-state index contributed by atoms with van der Waals surface area (Å²) in [4.78, 5) is 0. The van der Waals surface area contributed by atoms with Gasteiger partial charge in [0.15, 0.2) is 18.9 Å². The third-order valence-corrected chi connectivity index (χ3v) is 10.8.